The molecule has 0 heterocycles. The maximum Gasteiger partial charge on any atom is 3.00 e. The van der Waals surface area contributed by atoms with E-state index in [0.717, 1.165) is 0 Å². The number of hydrogen-bond donors (Lipinski definition) is 0. The van der Waals surface area contributed by atoms with Crippen LogP contribution in [0.2, 0.25) is 0 Å². The van der Waals surface area contributed by atoms with Crippen LogP contribution in [0.3, 0.4) is 0 Å². The Morgan fingerprint density at radius 2 is 0.800 bits per heavy atom. The summed E-state index contributed by atoms with van der Waals surface area (Å²) in [4.78, 5) is 16.5. The van der Waals surface area contributed by atoms with Gasteiger partial charge < -0.3 is 30.6 Å². The molecule has 0 saturated heterocycles. The van der Waals surface area contributed by atoms with Crippen LogP contribution in [-0.4, -0.2) is 10.2 Å². The maximum absolute atomic E-state index is 8.25. The summed E-state index contributed by atoms with van der Waals surface area (Å²) in [6.07, 6.45) is 0. The van der Waals surface area contributed by atoms with Crippen LogP contribution in [0.5, 0.6) is 0 Å². The Bertz CT molecular complexity index is 73.7. The van der Waals surface area contributed by atoms with Gasteiger partial charge in [0.15, 0.2) is 0 Å². The van der Waals surface area contributed by atoms with Gasteiger partial charge in [0.2, 0.25) is 0 Å². The molecule has 10 heteroatoms. The zero-order valence-corrected chi connectivity index (χ0v) is 8.55. The van der Waals surface area contributed by atoms with E-state index in [2.05, 4.69) is 0 Å². The summed E-state index contributed by atoms with van der Waals surface area (Å²) in [5.74, 6) is 0. The molecule has 8 nitrogen and oxygen atoms in total. The van der Waals surface area contributed by atoms with Gasteiger partial charge in [-0.15, -0.1) is 0 Å². The fourth-order valence-corrected chi connectivity index (χ4v) is 0. The van der Waals surface area contributed by atoms with Crippen molar-refractivity contribution in [2.75, 3.05) is 0 Å². The second-order valence-electron chi connectivity index (χ2n) is 0.447. The van der Waals surface area contributed by atoms with Crippen molar-refractivity contribution in [1.82, 2.24) is 0 Å². The number of rotatable bonds is 0. The summed E-state index contributed by atoms with van der Waals surface area (Å²) in [5.41, 5.74) is 0. The third-order valence-electron chi connectivity index (χ3n) is 0. The van der Waals surface area contributed by atoms with Crippen molar-refractivity contribution in [3.63, 3.8) is 0 Å². The molecular weight excluding hydrogens is 270 g/mol. The van der Waals surface area contributed by atoms with Crippen molar-refractivity contribution < 1.29 is 64.6 Å². The topological polar surface area (TPSA) is 132 Å². The van der Waals surface area contributed by atoms with Gasteiger partial charge in [-0.2, -0.15) is 0 Å². The molecule has 0 spiro atoms. The predicted octanol–water partition coefficient (Wildman–Crippen LogP) is -3.47. The molecule has 0 aliphatic carbocycles. The van der Waals surface area contributed by atoms with E-state index in [1.54, 1.807) is 0 Å². The molecule has 10 heavy (non-hydrogen) atoms. The van der Waals surface area contributed by atoms with Crippen LogP contribution in [0.4, 0.5) is 0 Å². The van der Waals surface area contributed by atoms with E-state index in [4.69, 9.17) is 30.6 Å². The SMILES string of the molecule is O=[N+]([O-])[O-].O=[N+]([O-])[O-].[La+3].[Li+]. The van der Waals surface area contributed by atoms with Gasteiger partial charge in [-0.3, -0.25) is 0 Å². The molecule has 0 aliphatic rings. The average molecular weight is 270 g/mol. The zero-order valence-electron chi connectivity index (χ0n) is 4.92. The molecule has 0 aromatic heterocycles. The van der Waals surface area contributed by atoms with Crippen LogP contribution in [0.25, 0.3) is 0 Å². The smallest absolute Gasteiger partial charge is 0.356 e. The van der Waals surface area contributed by atoms with Crippen molar-refractivity contribution in [3.05, 3.63) is 30.6 Å². The number of nitrogens with zero attached hydrogens (tertiary/aromatic N) is 2. The Morgan fingerprint density at radius 3 is 0.800 bits per heavy atom. The molecule has 0 atom stereocenters. The molecule has 0 saturated carbocycles. The molecular formula is LaLiN2O6+2. The summed E-state index contributed by atoms with van der Waals surface area (Å²) >= 11 is 0. The van der Waals surface area contributed by atoms with E-state index in [1.807, 2.05) is 0 Å². The van der Waals surface area contributed by atoms with Crippen LogP contribution in [0, 0.1) is 66.2 Å². The fraction of sp³-hybridized carbons (Fsp3) is 0. The van der Waals surface area contributed by atoms with Gasteiger partial charge in [0.25, 0.3) is 0 Å². The molecule has 0 N–H and O–H groups in total. The van der Waals surface area contributed by atoms with Crippen LogP contribution < -0.4 is 18.9 Å². The van der Waals surface area contributed by atoms with Crippen LogP contribution in [0.15, 0.2) is 0 Å². The Balaban J connectivity index is -0.0000000300. The van der Waals surface area contributed by atoms with Crippen molar-refractivity contribution in [2.24, 2.45) is 0 Å². The average Bonchev–Trinajstić information content (AvgIpc) is 1.25. The first-order valence-corrected chi connectivity index (χ1v) is 1.10. The van der Waals surface area contributed by atoms with Gasteiger partial charge in [-0.1, -0.05) is 0 Å². The van der Waals surface area contributed by atoms with Crippen molar-refractivity contribution >= 4 is 0 Å². The molecule has 0 bridgehead atoms. The molecule has 0 unspecified atom stereocenters. The van der Waals surface area contributed by atoms with Gasteiger partial charge in [-0.25, -0.2) is 0 Å². The Labute approximate surface area is 94.6 Å². The van der Waals surface area contributed by atoms with E-state index in [-0.39, 0.29) is 54.5 Å². The van der Waals surface area contributed by atoms with Gasteiger partial charge in [0.1, 0.15) is 0 Å². The minimum absolute atomic E-state index is 0. The van der Waals surface area contributed by atoms with Crippen molar-refractivity contribution in [1.29, 1.82) is 0 Å². The first-order valence-electron chi connectivity index (χ1n) is 1.10. The molecule has 0 radical (unpaired) electrons. The summed E-state index contributed by atoms with van der Waals surface area (Å²) < 4.78 is 0. The standard InChI is InChI=1S/La.Li.2NO3/c;;2*2-1(3)4/q+3;+1;2*-1. The second kappa shape index (κ2) is 16.1. The minimum atomic E-state index is -1.75. The van der Waals surface area contributed by atoms with E-state index >= 15 is 0 Å². The molecule has 0 fully saturated rings. The quantitative estimate of drug-likeness (QED) is 0.255. The van der Waals surface area contributed by atoms with Gasteiger partial charge >= 0.3 is 54.5 Å². The summed E-state index contributed by atoms with van der Waals surface area (Å²) in [6, 6.07) is 0. The largest absolute Gasteiger partial charge is 3.00 e. The van der Waals surface area contributed by atoms with Crippen LogP contribution >= 0.6 is 0 Å². The zero-order chi connectivity index (χ0) is 7.15. The van der Waals surface area contributed by atoms with Crippen LogP contribution in [-0.2, 0) is 0 Å². The molecule has 0 amide bonds. The number of hydrogen-bond acceptors (Lipinski definition) is 6. The molecule has 0 aromatic carbocycles. The molecule has 0 aliphatic heterocycles. The Morgan fingerprint density at radius 1 is 0.800 bits per heavy atom. The van der Waals surface area contributed by atoms with E-state index in [9.17, 15) is 0 Å². The molecule has 0 aromatic rings. The molecule has 48 valence electrons. The normalized spacial score (nSPS) is 4.80. The summed E-state index contributed by atoms with van der Waals surface area (Å²) in [6.45, 7) is 0. The van der Waals surface area contributed by atoms with Crippen LogP contribution in [0.1, 0.15) is 0 Å². The van der Waals surface area contributed by atoms with Crippen molar-refractivity contribution in [2.45, 2.75) is 0 Å². The van der Waals surface area contributed by atoms with E-state index in [1.165, 1.54) is 0 Å². The van der Waals surface area contributed by atoms with E-state index < -0.39 is 10.2 Å². The van der Waals surface area contributed by atoms with Gasteiger partial charge in [0, 0.05) is 0 Å². The monoisotopic (exact) mass is 270 g/mol. The Kier molecular flexibility index (Phi) is 36.1. The van der Waals surface area contributed by atoms with Gasteiger partial charge in [-0.05, 0) is 0 Å². The van der Waals surface area contributed by atoms with Gasteiger partial charge in [0.05, 0.1) is 10.2 Å². The fourth-order valence-electron chi connectivity index (χ4n) is 0. The first-order chi connectivity index (χ1) is 3.46. The van der Waals surface area contributed by atoms with Crippen molar-refractivity contribution in [3.8, 4) is 0 Å². The third-order valence-corrected chi connectivity index (χ3v) is 0. The summed E-state index contributed by atoms with van der Waals surface area (Å²) in [5, 5.41) is 29.5. The Hall–Kier alpha value is 0.192. The minimum Gasteiger partial charge on any atom is -0.356 e. The second-order valence-corrected chi connectivity index (χ2v) is 0.447. The predicted molar refractivity (Wildman–Crippen MR) is 20.7 cm³/mol. The third kappa shape index (κ3) is 11500. The maximum atomic E-state index is 8.25. The van der Waals surface area contributed by atoms with E-state index in [0.29, 0.717) is 0 Å². The first kappa shape index (κ1) is 22.5. The molecule has 0 rings (SSSR count). The summed E-state index contributed by atoms with van der Waals surface area (Å²) in [7, 11) is 0.